The van der Waals surface area contributed by atoms with E-state index in [1.165, 1.54) is 0 Å². The van der Waals surface area contributed by atoms with Crippen LogP contribution in [0.15, 0.2) is 78.9 Å². The maximum absolute atomic E-state index is 11.7. The lowest BCUT2D eigenvalue weighted by Crippen LogP contribution is -2.09. The van der Waals surface area contributed by atoms with Crippen molar-refractivity contribution in [3.63, 3.8) is 0 Å². The summed E-state index contributed by atoms with van der Waals surface area (Å²) in [5.41, 5.74) is 1.62. The van der Waals surface area contributed by atoms with Crippen molar-refractivity contribution in [3.8, 4) is 17.2 Å². The molecule has 0 atom stereocenters. The summed E-state index contributed by atoms with van der Waals surface area (Å²) >= 11 is 0. The largest absolute Gasteiger partial charge is 0.497 e. The van der Waals surface area contributed by atoms with E-state index in [4.69, 9.17) is 14.2 Å². The molecule has 148 valence electrons. The second-order valence-corrected chi connectivity index (χ2v) is 6.18. The Labute approximate surface area is 169 Å². The van der Waals surface area contributed by atoms with Crippen molar-refractivity contribution in [1.29, 1.82) is 0 Å². The van der Waals surface area contributed by atoms with Gasteiger partial charge in [-0.15, -0.1) is 0 Å². The van der Waals surface area contributed by atoms with E-state index in [-0.39, 0.29) is 5.57 Å². The lowest BCUT2D eigenvalue weighted by atomic mass is 10.0. The minimum Gasteiger partial charge on any atom is -0.497 e. The zero-order chi connectivity index (χ0) is 20.5. The Balaban J connectivity index is 1.62. The van der Waals surface area contributed by atoms with Crippen LogP contribution in [-0.4, -0.2) is 31.4 Å². The molecule has 0 heterocycles. The van der Waals surface area contributed by atoms with E-state index >= 15 is 0 Å². The summed E-state index contributed by atoms with van der Waals surface area (Å²) in [4.78, 5) is 11.7. The normalized spacial score (nSPS) is 11.0. The second-order valence-electron chi connectivity index (χ2n) is 6.18. The van der Waals surface area contributed by atoms with Gasteiger partial charge in [0.25, 0.3) is 0 Å². The molecule has 3 aromatic carbocycles. The number of aliphatic carboxylic acids is 1. The maximum Gasteiger partial charge on any atom is 0.336 e. The molecule has 29 heavy (non-hydrogen) atoms. The van der Waals surface area contributed by atoms with Gasteiger partial charge >= 0.3 is 5.97 Å². The SMILES string of the molecule is COc1cccc(OCCOc2cccc(/C=C(\C(=O)O)c3ccccc3)c2)c1. The molecule has 0 fully saturated rings. The van der Waals surface area contributed by atoms with Crippen molar-refractivity contribution >= 4 is 17.6 Å². The Hall–Kier alpha value is -3.73. The Bertz CT molecular complexity index is 979. The third-order valence-corrected chi connectivity index (χ3v) is 4.15. The minimum atomic E-state index is -0.978. The molecular formula is C24H22O5. The Kier molecular flexibility index (Phi) is 6.90. The average molecular weight is 390 g/mol. The van der Waals surface area contributed by atoms with E-state index in [1.807, 2.05) is 60.7 Å². The third kappa shape index (κ3) is 5.87. The van der Waals surface area contributed by atoms with Crippen LogP contribution in [-0.2, 0) is 4.79 Å². The van der Waals surface area contributed by atoms with E-state index < -0.39 is 5.97 Å². The van der Waals surface area contributed by atoms with Crippen LogP contribution < -0.4 is 14.2 Å². The van der Waals surface area contributed by atoms with Gasteiger partial charge in [0.1, 0.15) is 30.5 Å². The fraction of sp³-hybridized carbons (Fsp3) is 0.125. The molecule has 0 amide bonds. The van der Waals surface area contributed by atoms with Crippen LogP contribution >= 0.6 is 0 Å². The number of carboxylic acid groups (broad SMARTS) is 1. The summed E-state index contributed by atoms with van der Waals surface area (Å²) in [7, 11) is 1.61. The minimum absolute atomic E-state index is 0.226. The predicted octanol–water partition coefficient (Wildman–Crippen LogP) is 4.78. The first kappa shape index (κ1) is 20.0. The zero-order valence-electron chi connectivity index (χ0n) is 16.1. The number of hydrogen-bond acceptors (Lipinski definition) is 4. The van der Waals surface area contributed by atoms with Crippen LogP contribution in [0.3, 0.4) is 0 Å². The number of carboxylic acids is 1. The van der Waals surface area contributed by atoms with E-state index in [2.05, 4.69) is 0 Å². The molecule has 0 radical (unpaired) electrons. The third-order valence-electron chi connectivity index (χ3n) is 4.15. The molecule has 3 aromatic rings. The van der Waals surface area contributed by atoms with Crippen LogP contribution in [0.25, 0.3) is 11.6 Å². The lowest BCUT2D eigenvalue weighted by Gasteiger charge is -2.10. The number of hydrogen-bond donors (Lipinski definition) is 1. The highest BCUT2D eigenvalue weighted by Crippen LogP contribution is 2.22. The van der Waals surface area contributed by atoms with Gasteiger partial charge < -0.3 is 19.3 Å². The summed E-state index contributed by atoms with van der Waals surface area (Å²) in [6.07, 6.45) is 1.64. The van der Waals surface area contributed by atoms with Gasteiger partial charge in [0.15, 0.2) is 0 Å². The van der Waals surface area contributed by atoms with Crippen LogP contribution in [0, 0.1) is 0 Å². The molecular weight excluding hydrogens is 368 g/mol. The molecule has 0 aromatic heterocycles. The summed E-state index contributed by atoms with van der Waals surface area (Å²) in [5, 5.41) is 9.55. The molecule has 1 N–H and O–H groups in total. The summed E-state index contributed by atoms with van der Waals surface area (Å²) in [6.45, 7) is 0.729. The molecule has 5 heteroatoms. The second kappa shape index (κ2) is 9.99. The van der Waals surface area contributed by atoms with Crippen molar-refractivity contribution in [2.24, 2.45) is 0 Å². The van der Waals surface area contributed by atoms with Gasteiger partial charge in [-0.1, -0.05) is 48.5 Å². The van der Waals surface area contributed by atoms with Crippen molar-refractivity contribution < 1.29 is 24.1 Å². The fourth-order valence-corrected chi connectivity index (χ4v) is 2.76. The highest BCUT2D eigenvalue weighted by Gasteiger charge is 2.10. The smallest absolute Gasteiger partial charge is 0.336 e. The summed E-state index contributed by atoms with van der Waals surface area (Å²) < 4.78 is 16.6. The van der Waals surface area contributed by atoms with Gasteiger partial charge in [0, 0.05) is 6.07 Å². The van der Waals surface area contributed by atoms with Crippen molar-refractivity contribution in [1.82, 2.24) is 0 Å². The number of methoxy groups -OCH3 is 1. The molecule has 0 saturated carbocycles. The topological polar surface area (TPSA) is 65.0 Å². The standard InChI is InChI=1S/C24H22O5/c1-27-20-10-6-12-22(17-20)29-14-13-28-21-11-5-7-18(15-21)16-23(24(25)26)19-8-3-2-4-9-19/h2-12,15-17H,13-14H2,1H3,(H,25,26)/b23-16-. The highest BCUT2D eigenvalue weighted by molar-refractivity contribution is 6.20. The quantitative estimate of drug-likeness (QED) is 0.324. The van der Waals surface area contributed by atoms with Crippen LogP contribution in [0.5, 0.6) is 17.2 Å². The molecule has 0 aliphatic heterocycles. The zero-order valence-corrected chi connectivity index (χ0v) is 16.1. The van der Waals surface area contributed by atoms with Crippen molar-refractivity contribution in [2.75, 3.05) is 20.3 Å². The van der Waals surface area contributed by atoms with E-state index in [1.54, 1.807) is 31.4 Å². The van der Waals surface area contributed by atoms with Gasteiger partial charge in [-0.3, -0.25) is 0 Å². The monoisotopic (exact) mass is 390 g/mol. The van der Waals surface area contributed by atoms with Crippen molar-refractivity contribution in [2.45, 2.75) is 0 Å². The molecule has 0 bridgehead atoms. The summed E-state index contributed by atoms with van der Waals surface area (Å²) in [6, 6.07) is 23.7. The Morgan fingerprint density at radius 2 is 1.45 bits per heavy atom. The molecule has 0 saturated heterocycles. The first-order chi connectivity index (χ1) is 14.2. The van der Waals surface area contributed by atoms with Gasteiger partial charge in [0.2, 0.25) is 0 Å². The fourth-order valence-electron chi connectivity index (χ4n) is 2.76. The average Bonchev–Trinajstić information content (AvgIpc) is 2.76. The molecule has 0 aliphatic rings. The van der Waals surface area contributed by atoms with E-state index in [0.717, 1.165) is 11.3 Å². The molecule has 3 rings (SSSR count). The van der Waals surface area contributed by atoms with E-state index in [0.29, 0.717) is 30.3 Å². The number of rotatable bonds is 9. The predicted molar refractivity (Wildman–Crippen MR) is 112 cm³/mol. The van der Waals surface area contributed by atoms with Gasteiger partial charge in [-0.05, 0) is 41.5 Å². The van der Waals surface area contributed by atoms with Crippen LogP contribution in [0.2, 0.25) is 0 Å². The number of benzene rings is 3. The lowest BCUT2D eigenvalue weighted by molar-refractivity contribution is -0.130. The van der Waals surface area contributed by atoms with Crippen LogP contribution in [0.4, 0.5) is 0 Å². The Morgan fingerprint density at radius 1 is 0.828 bits per heavy atom. The summed E-state index contributed by atoms with van der Waals surface area (Å²) in [5.74, 6) is 1.11. The molecule has 5 nitrogen and oxygen atoms in total. The van der Waals surface area contributed by atoms with Gasteiger partial charge in [0.05, 0.1) is 12.7 Å². The first-order valence-corrected chi connectivity index (χ1v) is 9.16. The molecule has 0 spiro atoms. The van der Waals surface area contributed by atoms with Gasteiger partial charge in [-0.25, -0.2) is 4.79 Å². The number of carbonyl (C=O) groups is 1. The molecule has 0 aliphatic carbocycles. The molecule has 0 unspecified atom stereocenters. The van der Waals surface area contributed by atoms with E-state index in [9.17, 15) is 9.90 Å². The highest BCUT2D eigenvalue weighted by atomic mass is 16.5. The maximum atomic E-state index is 11.7. The first-order valence-electron chi connectivity index (χ1n) is 9.16. The Morgan fingerprint density at radius 3 is 2.10 bits per heavy atom. The van der Waals surface area contributed by atoms with Crippen LogP contribution in [0.1, 0.15) is 11.1 Å². The van der Waals surface area contributed by atoms with Crippen molar-refractivity contribution in [3.05, 3.63) is 90.0 Å². The van der Waals surface area contributed by atoms with Gasteiger partial charge in [-0.2, -0.15) is 0 Å². The number of ether oxygens (including phenoxy) is 3.